The minimum Gasteiger partial charge on any atom is -0.482 e. The maximum absolute atomic E-state index is 11.4. The minimum absolute atomic E-state index is 0.0668. The molecule has 5 nitrogen and oxygen atoms in total. The molecule has 0 unspecified atom stereocenters. The van der Waals surface area contributed by atoms with Crippen molar-refractivity contribution < 1.29 is 19.5 Å². The Kier molecular flexibility index (Phi) is 6.02. The number of carbonyl (C=O) groups is 1. The van der Waals surface area contributed by atoms with E-state index in [0.29, 0.717) is 18.3 Å². The van der Waals surface area contributed by atoms with Crippen LogP contribution in [0.2, 0.25) is 0 Å². The number of nitrogens with zero attached hydrogens (tertiary/aromatic N) is 1. The molecule has 26 heavy (non-hydrogen) atoms. The summed E-state index contributed by atoms with van der Waals surface area (Å²) in [6, 6.07) is 7.40. The highest BCUT2D eigenvalue weighted by molar-refractivity contribution is 5.71. The van der Waals surface area contributed by atoms with Gasteiger partial charge in [-0.3, -0.25) is 10.3 Å². The number of allylic oxidation sites excluding steroid dienone is 1. The van der Waals surface area contributed by atoms with Crippen LogP contribution in [0.1, 0.15) is 53.5 Å². The fourth-order valence-electron chi connectivity index (χ4n) is 3.15. The van der Waals surface area contributed by atoms with Gasteiger partial charge in [-0.1, -0.05) is 26.8 Å². The number of hydroxylamine groups is 2. The second-order valence-corrected chi connectivity index (χ2v) is 7.94. The Labute approximate surface area is 156 Å². The molecule has 1 aromatic carbocycles. The van der Waals surface area contributed by atoms with Gasteiger partial charge < -0.3 is 9.47 Å². The first-order valence-corrected chi connectivity index (χ1v) is 9.19. The van der Waals surface area contributed by atoms with Gasteiger partial charge in [0, 0.05) is 5.56 Å². The maximum Gasteiger partial charge on any atom is 0.344 e. The van der Waals surface area contributed by atoms with Gasteiger partial charge in [0.05, 0.1) is 17.8 Å². The molecule has 1 aliphatic heterocycles. The summed E-state index contributed by atoms with van der Waals surface area (Å²) >= 11 is 0. The normalized spacial score (nSPS) is 21.6. The predicted molar refractivity (Wildman–Crippen MR) is 102 cm³/mol. The Balaban J connectivity index is 2.19. The average Bonchev–Trinajstić information content (AvgIpc) is 2.65. The van der Waals surface area contributed by atoms with E-state index in [-0.39, 0.29) is 18.0 Å². The summed E-state index contributed by atoms with van der Waals surface area (Å²) in [5.41, 5.74) is 1.22. The molecule has 1 aliphatic rings. The molecular weight excluding hydrogens is 330 g/mol. The molecule has 1 N–H and O–H groups in total. The van der Waals surface area contributed by atoms with Gasteiger partial charge in [0.25, 0.3) is 0 Å². The van der Waals surface area contributed by atoms with Gasteiger partial charge in [0.15, 0.2) is 6.61 Å². The summed E-state index contributed by atoms with van der Waals surface area (Å²) in [5.74, 6) is 0.632. The highest BCUT2D eigenvalue weighted by atomic mass is 16.6. The van der Waals surface area contributed by atoms with Crippen molar-refractivity contribution in [3.8, 4) is 5.75 Å². The number of rotatable bonds is 5. The van der Waals surface area contributed by atoms with E-state index in [1.54, 1.807) is 19.1 Å². The van der Waals surface area contributed by atoms with Crippen LogP contribution in [0, 0.1) is 11.3 Å². The van der Waals surface area contributed by atoms with E-state index in [2.05, 4.69) is 40.7 Å². The van der Waals surface area contributed by atoms with Crippen molar-refractivity contribution in [3.63, 3.8) is 0 Å². The lowest BCUT2D eigenvalue weighted by molar-refractivity contribution is -0.156. The van der Waals surface area contributed by atoms with Crippen LogP contribution in [0.4, 0.5) is 0 Å². The lowest BCUT2D eigenvalue weighted by Crippen LogP contribution is -2.53. The second-order valence-electron chi connectivity index (χ2n) is 7.94. The molecule has 0 spiro atoms. The van der Waals surface area contributed by atoms with Crippen LogP contribution in [-0.4, -0.2) is 35.0 Å². The molecule has 0 radical (unpaired) electrons. The average molecular weight is 361 g/mol. The lowest BCUT2D eigenvalue weighted by atomic mass is 9.66. The van der Waals surface area contributed by atoms with Gasteiger partial charge in [0.2, 0.25) is 0 Å². The standard InChI is InChI=1S/C21H31NO4/c1-7-25-19(23)14-26-17-11-9-16(10-12-17)18-13-8-15(2)20(3,4)21(5,6)22(18)24/h9-13,15,24H,7-8,14H2,1-6H3/t15-/m1/s1. The van der Waals surface area contributed by atoms with Crippen molar-refractivity contribution in [3.05, 3.63) is 35.9 Å². The van der Waals surface area contributed by atoms with E-state index in [0.717, 1.165) is 17.7 Å². The van der Waals surface area contributed by atoms with Gasteiger partial charge >= 0.3 is 5.97 Å². The van der Waals surface area contributed by atoms with Gasteiger partial charge in [-0.05, 0) is 62.8 Å². The summed E-state index contributed by atoms with van der Waals surface area (Å²) in [7, 11) is 0. The fourth-order valence-corrected chi connectivity index (χ4v) is 3.15. The summed E-state index contributed by atoms with van der Waals surface area (Å²) in [6.45, 7) is 12.7. The number of ether oxygens (including phenoxy) is 2. The van der Waals surface area contributed by atoms with Crippen molar-refractivity contribution in [2.75, 3.05) is 13.2 Å². The largest absolute Gasteiger partial charge is 0.482 e. The molecule has 0 aromatic heterocycles. The second kappa shape index (κ2) is 7.70. The van der Waals surface area contributed by atoms with Crippen molar-refractivity contribution in [1.29, 1.82) is 0 Å². The topological polar surface area (TPSA) is 59.0 Å². The molecule has 0 fully saturated rings. The predicted octanol–water partition coefficient (Wildman–Crippen LogP) is 4.51. The van der Waals surface area contributed by atoms with Crippen LogP contribution in [-0.2, 0) is 9.53 Å². The summed E-state index contributed by atoms with van der Waals surface area (Å²) in [4.78, 5) is 11.4. The molecule has 0 bridgehead atoms. The van der Waals surface area contributed by atoms with Gasteiger partial charge in [-0.15, -0.1) is 0 Å². The number of hydrogen-bond acceptors (Lipinski definition) is 5. The summed E-state index contributed by atoms with van der Waals surface area (Å²) in [5, 5.41) is 12.4. The molecule has 0 aliphatic carbocycles. The molecule has 1 heterocycles. The van der Waals surface area contributed by atoms with Crippen molar-refractivity contribution in [2.45, 2.75) is 53.5 Å². The lowest BCUT2D eigenvalue weighted by Gasteiger charge is -2.49. The first-order chi connectivity index (χ1) is 12.1. The van der Waals surface area contributed by atoms with Gasteiger partial charge in [0.1, 0.15) is 5.75 Å². The molecule has 5 heteroatoms. The number of esters is 1. The first-order valence-electron chi connectivity index (χ1n) is 9.19. The first kappa shape index (κ1) is 20.3. The van der Waals surface area contributed by atoms with Crippen molar-refractivity contribution in [1.82, 2.24) is 5.06 Å². The Morgan fingerprint density at radius 1 is 1.23 bits per heavy atom. The van der Waals surface area contributed by atoms with Crippen LogP contribution in [0.3, 0.4) is 0 Å². The van der Waals surface area contributed by atoms with Crippen LogP contribution < -0.4 is 4.74 Å². The molecule has 2 rings (SSSR count). The van der Waals surface area contributed by atoms with E-state index < -0.39 is 5.54 Å². The zero-order valence-electron chi connectivity index (χ0n) is 16.7. The Morgan fingerprint density at radius 2 is 1.85 bits per heavy atom. The van der Waals surface area contributed by atoms with Crippen molar-refractivity contribution >= 4 is 11.7 Å². The highest BCUT2D eigenvalue weighted by Crippen LogP contribution is 2.47. The Bertz CT molecular complexity index is 661. The minimum atomic E-state index is -0.423. The van der Waals surface area contributed by atoms with Crippen LogP contribution in [0.15, 0.2) is 30.3 Å². The van der Waals surface area contributed by atoms with E-state index in [1.165, 1.54) is 5.06 Å². The fraction of sp³-hybridized carbons (Fsp3) is 0.571. The number of carbonyl (C=O) groups excluding carboxylic acids is 1. The molecule has 0 saturated heterocycles. The molecule has 0 amide bonds. The van der Waals surface area contributed by atoms with Crippen LogP contribution >= 0.6 is 0 Å². The Hall–Kier alpha value is -2.01. The Morgan fingerprint density at radius 3 is 2.42 bits per heavy atom. The third-order valence-corrected chi connectivity index (χ3v) is 6.04. The monoisotopic (exact) mass is 361 g/mol. The summed E-state index contributed by atoms with van der Waals surface area (Å²) in [6.07, 6.45) is 2.99. The molecular formula is C21H31NO4. The van der Waals surface area contributed by atoms with Crippen LogP contribution in [0.5, 0.6) is 5.75 Å². The zero-order valence-corrected chi connectivity index (χ0v) is 16.7. The van der Waals surface area contributed by atoms with Gasteiger partial charge in [-0.25, -0.2) is 4.79 Å². The maximum atomic E-state index is 11.4. The third-order valence-electron chi connectivity index (χ3n) is 6.04. The zero-order chi connectivity index (χ0) is 19.5. The molecule has 144 valence electrons. The van der Waals surface area contributed by atoms with E-state index in [9.17, 15) is 10.0 Å². The SMILES string of the molecule is CCOC(=O)COc1ccc(C2=CC[C@@H](C)C(C)(C)C(C)(C)N2O)cc1. The molecule has 1 atom stereocenters. The third kappa shape index (κ3) is 3.88. The van der Waals surface area contributed by atoms with E-state index >= 15 is 0 Å². The van der Waals surface area contributed by atoms with E-state index in [4.69, 9.17) is 9.47 Å². The quantitative estimate of drug-likeness (QED) is 0.782. The molecule has 1 aromatic rings. The van der Waals surface area contributed by atoms with E-state index in [1.807, 2.05) is 12.1 Å². The number of benzene rings is 1. The van der Waals surface area contributed by atoms with Crippen molar-refractivity contribution in [2.24, 2.45) is 11.3 Å². The van der Waals surface area contributed by atoms with Gasteiger partial charge in [-0.2, -0.15) is 0 Å². The summed E-state index contributed by atoms with van der Waals surface area (Å²) < 4.78 is 10.3. The smallest absolute Gasteiger partial charge is 0.344 e. The highest BCUT2D eigenvalue weighted by Gasteiger charge is 2.47. The number of hydrogen-bond donors (Lipinski definition) is 1. The van der Waals surface area contributed by atoms with Crippen LogP contribution in [0.25, 0.3) is 5.70 Å². The molecule has 0 saturated carbocycles.